The van der Waals surface area contributed by atoms with Crippen molar-refractivity contribution in [2.75, 3.05) is 6.61 Å². The molecule has 0 bridgehead atoms. The molecule has 1 rings (SSSR count). The number of amides is 2. The van der Waals surface area contributed by atoms with E-state index in [2.05, 4.69) is 10.1 Å². The summed E-state index contributed by atoms with van der Waals surface area (Å²) in [7, 11) is 0. The van der Waals surface area contributed by atoms with Crippen LogP contribution in [0.3, 0.4) is 0 Å². The van der Waals surface area contributed by atoms with Gasteiger partial charge in [-0.05, 0) is 24.6 Å². The highest BCUT2D eigenvalue weighted by Crippen LogP contribution is 2.09. The molecule has 0 aliphatic carbocycles. The van der Waals surface area contributed by atoms with E-state index in [-0.39, 0.29) is 6.54 Å². The van der Waals surface area contributed by atoms with Crippen LogP contribution in [0.25, 0.3) is 0 Å². The molecule has 1 aromatic carbocycles. The number of carbonyl (C=O) groups is 2. The van der Waals surface area contributed by atoms with Crippen LogP contribution in [0.5, 0.6) is 0 Å². The lowest BCUT2D eigenvalue weighted by molar-refractivity contribution is -0.171. The largest absolute Gasteiger partial charge is 0.478 e. The number of hydrogen-bond donors (Lipinski definition) is 3. The molecule has 0 fully saturated rings. The van der Waals surface area contributed by atoms with Gasteiger partial charge in [-0.1, -0.05) is 12.1 Å². The second-order valence-corrected chi connectivity index (χ2v) is 4.48. The topological polar surface area (TPSA) is 87.7 Å². The number of urea groups is 1. The molecule has 0 saturated heterocycles. The van der Waals surface area contributed by atoms with Crippen molar-refractivity contribution in [1.29, 1.82) is 0 Å². The minimum absolute atomic E-state index is 0.0753. The minimum atomic E-state index is -2.88. The van der Waals surface area contributed by atoms with Crippen molar-refractivity contribution >= 4 is 12.0 Å². The second-order valence-electron chi connectivity index (χ2n) is 4.48. The highest BCUT2D eigenvalue weighted by molar-refractivity contribution is 5.84. The summed E-state index contributed by atoms with van der Waals surface area (Å²) in [6, 6.07) is 4.45. The van der Waals surface area contributed by atoms with Gasteiger partial charge in [-0.25, -0.2) is 22.8 Å². The fraction of sp³-hybridized carbons (Fsp3) is 0.385. The van der Waals surface area contributed by atoms with Gasteiger partial charge in [0.1, 0.15) is 12.4 Å². The minimum Gasteiger partial charge on any atom is -0.478 e. The lowest BCUT2D eigenvalue weighted by atomic mass is 10.2. The van der Waals surface area contributed by atoms with Gasteiger partial charge in [-0.2, -0.15) is 0 Å². The summed E-state index contributed by atoms with van der Waals surface area (Å²) in [6.45, 7) is -0.291. The number of carboxylic acids is 1. The first kappa shape index (κ1) is 17.8. The van der Waals surface area contributed by atoms with E-state index in [1.54, 1.807) is 6.07 Å². The molecule has 0 aliphatic rings. The third kappa shape index (κ3) is 5.60. The van der Waals surface area contributed by atoms with Crippen LogP contribution in [0.4, 0.5) is 18.0 Å². The highest BCUT2D eigenvalue weighted by Gasteiger charge is 2.37. The fourth-order valence-corrected chi connectivity index (χ4v) is 1.47. The Morgan fingerprint density at radius 1 is 1.41 bits per heavy atom. The predicted molar refractivity (Wildman–Crippen MR) is 69.8 cm³/mol. The maximum atomic E-state index is 12.9. The van der Waals surface area contributed by atoms with Gasteiger partial charge >= 0.3 is 12.0 Å². The van der Waals surface area contributed by atoms with E-state index in [1.165, 1.54) is 18.2 Å². The number of benzene rings is 1. The summed E-state index contributed by atoms with van der Waals surface area (Å²) in [5.41, 5.74) is -1.86. The highest BCUT2D eigenvalue weighted by atomic mass is 19.3. The Morgan fingerprint density at radius 3 is 2.64 bits per heavy atom. The number of aliphatic carboxylic acids is 1. The molecule has 9 heteroatoms. The number of alkyl halides is 2. The van der Waals surface area contributed by atoms with Crippen molar-refractivity contribution in [3.05, 3.63) is 35.6 Å². The zero-order valence-corrected chi connectivity index (χ0v) is 11.6. The standard InChI is InChI=1S/C13H15F3N2O4/c1-13(11(19)20,22-7-10(15)16)18-12(21)17-6-8-3-2-4-9(14)5-8/h2-5,10H,6-7H2,1H3,(H,19,20)(H2,17,18,21). The Bertz CT molecular complexity index is 542. The van der Waals surface area contributed by atoms with Crippen LogP contribution in [0.1, 0.15) is 12.5 Å². The van der Waals surface area contributed by atoms with Crippen molar-refractivity contribution in [3.8, 4) is 0 Å². The number of halogens is 3. The van der Waals surface area contributed by atoms with Gasteiger partial charge in [0.15, 0.2) is 0 Å². The van der Waals surface area contributed by atoms with E-state index in [0.717, 1.165) is 6.92 Å². The van der Waals surface area contributed by atoms with E-state index in [1.807, 2.05) is 5.32 Å². The number of carbonyl (C=O) groups excluding carboxylic acids is 1. The average Bonchev–Trinajstić information content (AvgIpc) is 2.43. The quantitative estimate of drug-likeness (QED) is 0.667. The summed E-state index contributed by atoms with van der Waals surface area (Å²) in [4.78, 5) is 22.6. The molecule has 1 unspecified atom stereocenters. The second kappa shape index (κ2) is 7.64. The number of hydrogen-bond acceptors (Lipinski definition) is 3. The maximum Gasteiger partial charge on any atom is 0.357 e. The van der Waals surface area contributed by atoms with Crippen molar-refractivity contribution in [2.45, 2.75) is 25.6 Å². The average molecular weight is 320 g/mol. The Kier molecular flexibility index (Phi) is 6.17. The van der Waals surface area contributed by atoms with Crippen LogP contribution in [0, 0.1) is 5.82 Å². The van der Waals surface area contributed by atoms with Gasteiger partial charge < -0.3 is 20.5 Å². The summed E-state index contributed by atoms with van der Waals surface area (Å²) in [6.07, 6.45) is -2.88. The van der Waals surface area contributed by atoms with E-state index < -0.39 is 36.6 Å². The number of ether oxygens (including phenoxy) is 1. The maximum absolute atomic E-state index is 12.9. The lowest BCUT2D eigenvalue weighted by Gasteiger charge is -2.26. The first-order valence-electron chi connectivity index (χ1n) is 6.19. The normalized spacial score (nSPS) is 13.5. The molecule has 122 valence electrons. The zero-order chi connectivity index (χ0) is 16.8. The lowest BCUT2D eigenvalue weighted by Crippen LogP contribution is -2.57. The van der Waals surface area contributed by atoms with Gasteiger partial charge in [0.2, 0.25) is 5.72 Å². The molecule has 3 N–H and O–H groups in total. The van der Waals surface area contributed by atoms with Crippen molar-refractivity contribution < 1.29 is 32.6 Å². The zero-order valence-electron chi connectivity index (χ0n) is 11.6. The molecule has 1 atom stereocenters. The van der Waals surface area contributed by atoms with E-state index in [0.29, 0.717) is 5.56 Å². The molecule has 22 heavy (non-hydrogen) atoms. The summed E-state index contributed by atoms with van der Waals surface area (Å²) < 4.78 is 41.6. The van der Waals surface area contributed by atoms with Crippen LogP contribution < -0.4 is 10.6 Å². The summed E-state index contributed by atoms with van der Waals surface area (Å²) in [5, 5.41) is 13.2. The molecule has 0 radical (unpaired) electrons. The van der Waals surface area contributed by atoms with Gasteiger partial charge in [0, 0.05) is 6.54 Å². The molecule has 0 aromatic heterocycles. The van der Waals surface area contributed by atoms with Gasteiger partial charge in [-0.3, -0.25) is 0 Å². The molecule has 6 nitrogen and oxygen atoms in total. The Hall–Kier alpha value is -2.29. The molecule has 0 saturated carbocycles. The van der Waals surface area contributed by atoms with Crippen molar-refractivity contribution in [1.82, 2.24) is 10.6 Å². The first-order valence-corrected chi connectivity index (χ1v) is 6.19. The van der Waals surface area contributed by atoms with Crippen molar-refractivity contribution in [2.24, 2.45) is 0 Å². The summed E-state index contributed by atoms with van der Waals surface area (Å²) >= 11 is 0. The molecule has 1 aromatic rings. The Balaban J connectivity index is 2.58. The smallest absolute Gasteiger partial charge is 0.357 e. The predicted octanol–water partition coefficient (Wildman–Crippen LogP) is 1.71. The van der Waals surface area contributed by atoms with Crippen LogP contribution in [0.2, 0.25) is 0 Å². The van der Waals surface area contributed by atoms with Gasteiger partial charge in [-0.15, -0.1) is 0 Å². The third-order valence-corrected chi connectivity index (χ3v) is 2.60. The monoisotopic (exact) mass is 320 g/mol. The van der Waals surface area contributed by atoms with Crippen LogP contribution in [-0.4, -0.2) is 35.9 Å². The number of nitrogens with one attached hydrogen (secondary N) is 2. The van der Waals surface area contributed by atoms with E-state index in [4.69, 9.17) is 5.11 Å². The first-order chi connectivity index (χ1) is 10.2. The molecule has 0 spiro atoms. The van der Waals surface area contributed by atoms with Crippen LogP contribution in [0.15, 0.2) is 24.3 Å². The Morgan fingerprint density at radius 2 is 2.09 bits per heavy atom. The molecular weight excluding hydrogens is 305 g/mol. The molecule has 2 amide bonds. The van der Waals surface area contributed by atoms with Gasteiger partial charge in [0.05, 0.1) is 0 Å². The van der Waals surface area contributed by atoms with Crippen molar-refractivity contribution in [3.63, 3.8) is 0 Å². The number of rotatable bonds is 7. The molecular formula is C13H15F3N2O4. The SMILES string of the molecule is CC(NC(=O)NCc1cccc(F)c1)(OCC(F)F)C(=O)O. The van der Waals surface area contributed by atoms with Crippen LogP contribution in [-0.2, 0) is 16.1 Å². The Labute approximate surface area is 124 Å². The van der Waals surface area contributed by atoms with Crippen LogP contribution >= 0.6 is 0 Å². The van der Waals surface area contributed by atoms with Gasteiger partial charge in [0.25, 0.3) is 6.43 Å². The third-order valence-electron chi connectivity index (χ3n) is 2.60. The molecule has 0 heterocycles. The number of carboxylic acid groups (broad SMARTS) is 1. The molecule has 0 aliphatic heterocycles. The fourth-order valence-electron chi connectivity index (χ4n) is 1.47. The van der Waals surface area contributed by atoms with E-state index in [9.17, 15) is 22.8 Å². The summed E-state index contributed by atoms with van der Waals surface area (Å²) in [5.74, 6) is -2.12. The van der Waals surface area contributed by atoms with E-state index >= 15 is 0 Å².